The van der Waals surface area contributed by atoms with Gasteiger partial charge in [0.05, 0.1) is 16.8 Å². The number of para-hydroxylation sites is 1. The molecular weight excluding hydrogens is 272 g/mol. The first-order valence-electron chi connectivity index (χ1n) is 8.17. The molecule has 0 atom stereocenters. The smallest absolute Gasteiger partial charge is 0.0720 e. The normalized spacial score (nSPS) is 19.5. The van der Waals surface area contributed by atoms with Gasteiger partial charge in [-0.05, 0) is 30.4 Å². The zero-order chi connectivity index (χ0) is 15.8. The van der Waals surface area contributed by atoms with Crippen molar-refractivity contribution in [2.75, 3.05) is 13.1 Å². The molecular formula is C19H26N2O. The first-order chi connectivity index (χ1) is 10.4. The molecule has 1 aliphatic rings. The van der Waals surface area contributed by atoms with Crippen LogP contribution in [0.3, 0.4) is 0 Å². The van der Waals surface area contributed by atoms with Crippen LogP contribution in [0.1, 0.15) is 39.3 Å². The van der Waals surface area contributed by atoms with Crippen LogP contribution >= 0.6 is 0 Å². The van der Waals surface area contributed by atoms with Crippen molar-refractivity contribution in [1.82, 2.24) is 9.88 Å². The number of aromatic nitrogens is 1. The van der Waals surface area contributed by atoms with Crippen LogP contribution in [-0.4, -0.2) is 33.7 Å². The van der Waals surface area contributed by atoms with E-state index >= 15 is 0 Å². The maximum Gasteiger partial charge on any atom is 0.0720 e. The summed E-state index contributed by atoms with van der Waals surface area (Å²) in [6, 6.07) is 12.5. The number of piperidine rings is 1. The second-order valence-electron chi connectivity index (χ2n) is 7.55. The molecule has 0 spiro atoms. The van der Waals surface area contributed by atoms with Crippen LogP contribution < -0.4 is 0 Å². The number of benzene rings is 1. The van der Waals surface area contributed by atoms with Crippen LogP contribution in [0, 0.1) is 5.41 Å². The van der Waals surface area contributed by atoms with Crippen molar-refractivity contribution in [3.05, 3.63) is 42.1 Å². The molecule has 0 bridgehead atoms. The molecule has 0 unspecified atom stereocenters. The molecule has 3 nitrogen and oxygen atoms in total. The number of fused-ring (bicyclic) bond motifs is 1. The summed E-state index contributed by atoms with van der Waals surface area (Å²) in [5, 5.41) is 12.0. The van der Waals surface area contributed by atoms with E-state index in [-0.39, 0.29) is 5.41 Å². The highest BCUT2D eigenvalue weighted by molar-refractivity contribution is 5.78. The summed E-state index contributed by atoms with van der Waals surface area (Å²) >= 11 is 0. The third-order valence-corrected chi connectivity index (χ3v) is 5.12. The molecule has 3 rings (SSSR count). The number of nitrogens with zero attached hydrogens (tertiary/aromatic N) is 2. The Bertz CT molecular complexity index is 652. The van der Waals surface area contributed by atoms with Gasteiger partial charge in [0, 0.05) is 25.0 Å². The molecule has 1 saturated heterocycles. The molecule has 1 fully saturated rings. The molecule has 0 radical (unpaired) electrons. The first-order valence-corrected chi connectivity index (χ1v) is 8.17. The predicted molar refractivity (Wildman–Crippen MR) is 90.7 cm³/mol. The molecule has 118 valence electrons. The van der Waals surface area contributed by atoms with Gasteiger partial charge in [0.1, 0.15) is 0 Å². The van der Waals surface area contributed by atoms with Gasteiger partial charge in [0.15, 0.2) is 0 Å². The Balaban J connectivity index is 1.67. The molecule has 2 heterocycles. The standard InChI is InChI=1S/C19H26N2O/c1-18(2,3)19(22)10-12-21(13-11-19)14-16-9-8-15-6-4-5-7-17(15)20-16/h4-9,22H,10-14H2,1-3H3. The predicted octanol–water partition coefficient (Wildman–Crippen LogP) is 3.61. The van der Waals surface area contributed by atoms with Crippen LogP contribution in [0.5, 0.6) is 0 Å². The maximum absolute atomic E-state index is 10.8. The Morgan fingerprint density at radius 2 is 1.77 bits per heavy atom. The van der Waals surface area contributed by atoms with Gasteiger partial charge in [-0.3, -0.25) is 9.88 Å². The van der Waals surface area contributed by atoms with Crippen molar-refractivity contribution < 1.29 is 5.11 Å². The van der Waals surface area contributed by atoms with Crippen molar-refractivity contribution in [1.29, 1.82) is 0 Å². The largest absolute Gasteiger partial charge is 0.389 e. The monoisotopic (exact) mass is 298 g/mol. The van der Waals surface area contributed by atoms with E-state index in [1.165, 1.54) is 5.39 Å². The molecule has 1 N–H and O–H groups in total. The lowest BCUT2D eigenvalue weighted by molar-refractivity contribution is -0.1000. The highest BCUT2D eigenvalue weighted by atomic mass is 16.3. The highest BCUT2D eigenvalue weighted by Crippen LogP contribution is 2.38. The number of aliphatic hydroxyl groups is 1. The summed E-state index contributed by atoms with van der Waals surface area (Å²) in [7, 11) is 0. The van der Waals surface area contributed by atoms with Crippen LogP contribution in [0.15, 0.2) is 36.4 Å². The van der Waals surface area contributed by atoms with E-state index in [0.717, 1.165) is 43.7 Å². The lowest BCUT2D eigenvalue weighted by Gasteiger charge is -2.46. The fourth-order valence-electron chi connectivity index (χ4n) is 3.26. The second-order valence-corrected chi connectivity index (χ2v) is 7.55. The molecule has 1 aromatic heterocycles. The minimum Gasteiger partial charge on any atom is -0.389 e. The van der Waals surface area contributed by atoms with Gasteiger partial charge >= 0.3 is 0 Å². The molecule has 1 aromatic carbocycles. The average molecular weight is 298 g/mol. The first kappa shape index (κ1) is 15.4. The SMILES string of the molecule is CC(C)(C)C1(O)CCN(Cc2ccc3ccccc3n2)CC1. The number of rotatable bonds is 2. The van der Waals surface area contributed by atoms with Gasteiger partial charge < -0.3 is 5.11 Å². The molecule has 0 saturated carbocycles. The van der Waals surface area contributed by atoms with E-state index in [2.05, 4.69) is 49.9 Å². The summed E-state index contributed by atoms with van der Waals surface area (Å²) in [5.41, 5.74) is 1.57. The molecule has 0 amide bonds. The zero-order valence-corrected chi connectivity index (χ0v) is 13.8. The molecule has 2 aromatic rings. The van der Waals surface area contributed by atoms with E-state index in [4.69, 9.17) is 4.98 Å². The summed E-state index contributed by atoms with van der Waals surface area (Å²) in [6.07, 6.45) is 1.67. The van der Waals surface area contributed by atoms with E-state index in [9.17, 15) is 5.11 Å². The van der Waals surface area contributed by atoms with Crippen molar-refractivity contribution in [3.63, 3.8) is 0 Å². The van der Waals surface area contributed by atoms with Crippen molar-refractivity contribution in [2.24, 2.45) is 5.41 Å². The van der Waals surface area contributed by atoms with Gasteiger partial charge in [-0.1, -0.05) is 45.0 Å². The molecule has 0 aliphatic carbocycles. The summed E-state index contributed by atoms with van der Waals surface area (Å²) < 4.78 is 0. The Morgan fingerprint density at radius 1 is 1.09 bits per heavy atom. The average Bonchev–Trinajstić information content (AvgIpc) is 2.48. The third-order valence-electron chi connectivity index (χ3n) is 5.12. The molecule has 3 heteroatoms. The quantitative estimate of drug-likeness (QED) is 0.920. The molecule has 22 heavy (non-hydrogen) atoms. The summed E-state index contributed by atoms with van der Waals surface area (Å²) in [4.78, 5) is 7.15. The Kier molecular flexibility index (Phi) is 3.96. The lowest BCUT2D eigenvalue weighted by Crippen LogP contribution is -2.51. The minimum absolute atomic E-state index is 0.0553. The van der Waals surface area contributed by atoms with Gasteiger partial charge in [0.25, 0.3) is 0 Å². The number of hydrogen-bond donors (Lipinski definition) is 1. The molecule has 1 aliphatic heterocycles. The van der Waals surface area contributed by atoms with Crippen molar-refractivity contribution in [3.8, 4) is 0 Å². The lowest BCUT2D eigenvalue weighted by atomic mass is 9.71. The number of hydrogen-bond acceptors (Lipinski definition) is 3. The highest BCUT2D eigenvalue weighted by Gasteiger charge is 2.42. The van der Waals surface area contributed by atoms with Gasteiger partial charge in [0.2, 0.25) is 0 Å². The van der Waals surface area contributed by atoms with Gasteiger partial charge in [-0.15, -0.1) is 0 Å². The van der Waals surface area contributed by atoms with Gasteiger partial charge in [-0.25, -0.2) is 0 Å². The minimum atomic E-state index is -0.541. The van der Waals surface area contributed by atoms with E-state index in [0.29, 0.717) is 0 Å². The second kappa shape index (κ2) is 5.64. The summed E-state index contributed by atoms with van der Waals surface area (Å²) in [6.45, 7) is 9.13. The number of likely N-dealkylation sites (tertiary alicyclic amines) is 1. The Morgan fingerprint density at radius 3 is 2.45 bits per heavy atom. The van der Waals surface area contributed by atoms with E-state index < -0.39 is 5.60 Å². The van der Waals surface area contributed by atoms with Crippen molar-refractivity contribution in [2.45, 2.75) is 45.8 Å². The van der Waals surface area contributed by atoms with Crippen LogP contribution in [0.4, 0.5) is 0 Å². The van der Waals surface area contributed by atoms with E-state index in [1.54, 1.807) is 0 Å². The van der Waals surface area contributed by atoms with E-state index in [1.807, 2.05) is 12.1 Å². The van der Waals surface area contributed by atoms with Crippen LogP contribution in [0.2, 0.25) is 0 Å². The van der Waals surface area contributed by atoms with Gasteiger partial charge in [-0.2, -0.15) is 0 Å². The van der Waals surface area contributed by atoms with Crippen LogP contribution in [0.25, 0.3) is 10.9 Å². The summed E-state index contributed by atoms with van der Waals surface area (Å²) in [5.74, 6) is 0. The zero-order valence-electron chi connectivity index (χ0n) is 13.8. The fraction of sp³-hybridized carbons (Fsp3) is 0.526. The fourth-order valence-corrected chi connectivity index (χ4v) is 3.26. The van der Waals surface area contributed by atoms with Crippen LogP contribution in [-0.2, 0) is 6.54 Å². The Labute approximate surface area is 133 Å². The van der Waals surface area contributed by atoms with Crippen molar-refractivity contribution >= 4 is 10.9 Å². The third kappa shape index (κ3) is 3.01. The number of pyridine rings is 1. The maximum atomic E-state index is 10.8. The topological polar surface area (TPSA) is 36.4 Å². The Hall–Kier alpha value is -1.45.